The molecule has 1 N–H and O–H groups in total. The third-order valence-electron chi connectivity index (χ3n) is 5.55. The zero-order valence-electron chi connectivity index (χ0n) is 16.0. The Morgan fingerprint density at radius 3 is 2.61 bits per heavy atom. The van der Waals surface area contributed by atoms with Gasteiger partial charge in [0.25, 0.3) is 0 Å². The van der Waals surface area contributed by atoms with Gasteiger partial charge in [-0.05, 0) is 37.0 Å². The number of rotatable bonds is 7. The van der Waals surface area contributed by atoms with Crippen molar-refractivity contribution in [2.45, 2.75) is 31.2 Å². The first kappa shape index (κ1) is 18.6. The van der Waals surface area contributed by atoms with Crippen LogP contribution >= 0.6 is 0 Å². The summed E-state index contributed by atoms with van der Waals surface area (Å²) in [4.78, 5) is 23.8. The zero-order valence-corrected chi connectivity index (χ0v) is 16.0. The summed E-state index contributed by atoms with van der Waals surface area (Å²) in [5.41, 5.74) is 1.88. The van der Waals surface area contributed by atoms with Crippen molar-refractivity contribution < 1.29 is 24.1 Å². The van der Waals surface area contributed by atoms with Crippen molar-refractivity contribution >= 4 is 5.97 Å². The molecular formula is C21H23NO6. The van der Waals surface area contributed by atoms with Crippen LogP contribution in [0.3, 0.4) is 0 Å². The molecule has 7 heteroatoms. The second-order valence-corrected chi connectivity index (χ2v) is 7.37. The Balaban J connectivity index is 1.79. The number of nitrogens with zero attached hydrogens (tertiary/aromatic N) is 1. The molecule has 0 saturated heterocycles. The molecule has 1 aromatic heterocycles. The highest BCUT2D eigenvalue weighted by Gasteiger charge is 2.48. The SMILES string of the molecule is COCCCOc1cc2c(cc1OC)-c1cc(=O)c(C(=O)O)cn1C1(CC1)C2. The standard InChI is InChI=1S/C21H23NO6/c1-26-6-3-7-28-19-8-13-11-21(4-5-21)22-12-15(20(24)25)17(23)10-16(22)14(13)9-18(19)27-2/h8-10,12H,3-7,11H2,1-2H3,(H,24,25). The number of aromatic nitrogens is 1. The molecule has 1 saturated carbocycles. The lowest BCUT2D eigenvalue weighted by molar-refractivity contribution is 0.0694. The number of hydrogen-bond donors (Lipinski definition) is 1. The summed E-state index contributed by atoms with van der Waals surface area (Å²) < 4.78 is 18.4. The van der Waals surface area contributed by atoms with Gasteiger partial charge in [-0.3, -0.25) is 4.79 Å². The lowest BCUT2D eigenvalue weighted by Gasteiger charge is -2.31. The minimum Gasteiger partial charge on any atom is -0.493 e. The fourth-order valence-electron chi connectivity index (χ4n) is 3.94. The predicted molar refractivity (Wildman–Crippen MR) is 103 cm³/mol. The molecule has 1 spiro atoms. The molecule has 7 nitrogen and oxygen atoms in total. The molecule has 0 amide bonds. The van der Waals surface area contributed by atoms with E-state index in [1.165, 1.54) is 12.3 Å². The minimum atomic E-state index is -1.20. The highest BCUT2D eigenvalue weighted by atomic mass is 16.5. The lowest BCUT2D eigenvalue weighted by atomic mass is 9.90. The highest BCUT2D eigenvalue weighted by Crippen LogP contribution is 2.53. The number of methoxy groups -OCH3 is 2. The fourth-order valence-corrected chi connectivity index (χ4v) is 3.94. The first-order valence-electron chi connectivity index (χ1n) is 9.32. The number of fused-ring (bicyclic) bond motifs is 4. The summed E-state index contributed by atoms with van der Waals surface area (Å²) in [6.07, 6.45) is 4.96. The summed E-state index contributed by atoms with van der Waals surface area (Å²) in [6, 6.07) is 5.29. The number of ether oxygens (including phenoxy) is 3. The molecule has 0 bridgehead atoms. The monoisotopic (exact) mass is 385 g/mol. The van der Waals surface area contributed by atoms with Gasteiger partial charge in [-0.1, -0.05) is 0 Å². The number of pyridine rings is 1. The molecule has 1 aromatic carbocycles. The van der Waals surface area contributed by atoms with E-state index in [9.17, 15) is 14.7 Å². The van der Waals surface area contributed by atoms with E-state index in [0.717, 1.165) is 42.5 Å². The molecule has 0 atom stereocenters. The van der Waals surface area contributed by atoms with Gasteiger partial charge in [0.1, 0.15) is 5.56 Å². The number of benzene rings is 1. The van der Waals surface area contributed by atoms with Crippen LogP contribution in [0.5, 0.6) is 11.5 Å². The van der Waals surface area contributed by atoms with E-state index in [1.807, 2.05) is 16.7 Å². The Bertz CT molecular complexity index is 989. The van der Waals surface area contributed by atoms with Crippen molar-refractivity contribution in [1.82, 2.24) is 4.57 Å². The van der Waals surface area contributed by atoms with Gasteiger partial charge in [-0.25, -0.2) is 4.79 Å². The molecule has 28 heavy (non-hydrogen) atoms. The van der Waals surface area contributed by atoms with E-state index in [0.29, 0.717) is 24.7 Å². The van der Waals surface area contributed by atoms with Crippen molar-refractivity contribution in [3.63, 3.8) is 0 Å². The molecular weight excluding hydrogens is 362 g/mol. The van der Waals surface area contributed by atoms with Crippen LogP contribution in [0.2, 0.25) is 0 Å². The average molecular weight is 385 g/mol. The highest BCUT2D eigenvalue weighted by molar-refractivity contribution is 5.88. The van der Waals surface area contributed by atoms with E-state index in [-0.39, 0.29) is 11.1 Å². The summed E-state index contributed by atoms with van der Waals surface area (Å²) >= 11 is 0. The molecule has 4 rings (SSSR count). The van der Waals surface area contributed by atoms with E-state index >= 15 is 0 Å². The second-order valence-electron chi connectivity index (χ2n) is 7.37. The maximum atomic E-state index is 12.3. The van der Waals surface area contributed by atoms with Gasteiger partial charge >= 0.3 is 5.97 Å². The van der Waals surface area contributed by atoms with E-state index in [2.05, 4.69) is 0 Å². The number of aromatic carboxylic acids is 1. The summed E-state index contributed by atoms with van der Waals surface area (Å²) in [5.74, 6) is 0.0645. The van der Waals surface area contributed by atoms with Crippen LogP contribution in [0.4, 0.5) is 0 Å². The van der Waals surface area contributed by atoms with Gasteiger partial charge in [-0.2, -0.15) is 0 Å². The summed E-state index contributed by atoms with van der Waals surface area (Å²) in [5, 5.41) is 9.33. The number of carbonyl (C=O) groups is 1. The largest absolute Gasteiger partial charge is 0.493 e. The smallest absolute Gasteiger partial charge is 0.341 e. The van der Waals surface area contributed by atoms with E-state index in [1.54, 1.807) is 14.2 Å². The maximum Gasteiger partial charge on any atom is 0.341 e. The van der Waals surface area contributed by atoms with E-state index in [4.69, 9.17) is 14.2 Å². The first-order chi connectivity index (χ1) is 13.5. The molecule has 0 radical (unpaired) electrons. The van der Waals surface area contributed by atoms with Gasteiger partial charge in [-0.15, -0.1) is 0 Å². The fraction of sp³-hybridized carbons (Fsp3) is 0.429. The van der Waals surface area contributed by atoms with Crippen molar-refractivity contribution in [2.75, 3.05) is 27.4 Å². The Labute approximate surface area is 162 Å². The predicted octanol–water partition coefficient (Wildman–Crippen LogP) is 2.68. The molecule has 0 unspecified atom stereocenters. The maximum absolute atomic E-state index is 12.3. The van der Waals surface area contributed by atoms with Crippen molar-refractivity contribution in [1.29, 1.82) is 0 Å². The van der Waals surface area contributed by atoms with Gasteiger partial charge in [0.2, 0.25) is 0 Å². The van der Waals surface area contributed by atoms with Crippen molar-refractivity contribution in [2.24, 2.45) is 0 Å². The number of carboxylic acid groups (broad SMARTS) is 1. The van der Waals surface area contributed by atoms with Crippen LogP contribution < -0.4 is 14.9 Å². The Hall–Kier alpha value is -2.80. The van der Waals surface area contributed by atoms with Gasteiger partial charge in [0.15, 0.2) is 16.9 Å². The summed E-state index contributed by atoms with van der Waals surface area (Å²) in [6.45, 7) is 1.14. The van der Waals surface area contributed by atoms with Crippen molar-refractivity contribution in [3.05, 3.63) is 45.7 Å². The zero-order chi connectivity index (χ0) is 19.9. The molecule has 1 aliphatic carbocycles. The third kappa shape index (κ3) is 3.05. The average Bonchev–Trinajstić information content (AvgIpc) is 3.44. The molecule has 2 aliphatic rings. The van der Waals surface area contributed by atoms with Crippen LogP contribution in [-0.4, -0.2) is 43.1 Å². The Kier molecular flexibility index (Phi) is 4.63. The second kappa shape index (κ2) is 6.98. The third-order valence-corrected chi connectivity index (χ3v) is 5.55. The van der Waals surface area contributed by atoms with Crippen LogP contribution in [-0.2, 0) is 16.7 Å². The molecule has 1 aliphatic heterocycles. The van der Waals surface area contributed by atoms with Gasteiger partial charge in [0.05, 0.1) is 19.4 Å². The Morgan fingerprint density at radius 2 is 1.96 bits per heavy atom. The van der Waals surface area contributed by atoms with E-state index < -0.39 is 11.4 Å². The number of carboxylic acids is 1. The first-order valence-corrected chi connectivity index (χ1v) is 9.32. The number of hydrogen-bond acceptors (Lipinski definition) is 5. The lowest BCUT2D eigenvalue weighted by Crippen LogP contribution is -2.30. The Morgan fingerprint density at radius 1 is 1.18 bits per heavy atom. The minimum absolute atomic E-state index is 0.151. The van der Waals surface area contributed by atoms with Gasteiger partial charge < -0.3 is 23.9 Å². The van der Waals surface area contributed by atoms with Crippen LogP contribution in [0, 0.1) is 0 Å². The molecule has 1 fully saturated rings. The van der Waals surface area contributed by atoms with Crippen molar-refractivity contribution in [3.8, 4) is 22.8 Å². The van der Waals surface area contributed by atoms with Crippen LogP contribution in [0.25, 0.3) is 11.3 Å². The van der Waals surface area contributed by atoms with Crippen LogP contribution in [0.1, 0.15) is 35.2 Å². The topological polar surface area (TPSA) is 87.0 Å². The van der Waals surface area contributed by atoms with Gasteiger partial charge in [0, 0.05) is 43.5 Å². The van der Waals surface area contributed by atoms with Crippen LogP contribution in [0.15, 0.2) is 29.2 Å². The summed E-state index contributed by atoms with van der Waals surface area (Å²) in [7, 11) is 3.24. The quantitative estimate of drug-likeness (QED) is 0.738. The molecule has 148 valence electrons. The normalized spacial score (nSPS) is 15.6. The molecule has 2 heterocycles. The molecule has 2 aromatic rings.